The second-order valence-corrected chi connectivity index (χ2v) is 6.65. The van der Waals surface area contributed by atoms with Crippen LogP contribution in [-0.4, -0.2) is 36.5 Å². The van der Waals surface area contributed by atoms with Crippen LogP contribution in [0.3, 0.4) is 0 Å². The molecule has 0 aliphatic heterocycles. The summed E-state index contributed by atoms with van der Waals surface area (Å²) >= 11 is 6.52. The maximum atomic E-state index is 6.52. The van der Waals surface area contributed by atoms with Crippen molar-refractivity contribution in [3.63, 3.8) is 0 Å². The number of rotatable bonds is 6. The number of aromatic nitrogens is 2. The molecule has 1 heterocycles. The Kier molecular flexibility index (Phi) is 5.86. The predicted octanol–water partition coefficient (Wildman–Crippen LogP) is 4.74. The van der Waals surface area contributed by atoms with E-state index in [1.54, 1.807) is 20.3 Å². The number of ether oxygens (including phenoxy) is 3. The molecule has 6 heteroatoms. The van der Waals surface area contributed by atoms with Crippen LogP contribution in [0.15, 0.2) is 24.5 Å². The van der Waals surface area contributed by atoms with Gasteiger partial charge in [0.15, 0.2) is 11.5 Å². The zero-order valence-electron chi connectivity index (χ0n) is 15.0. The van der Waals surface area contributed by atoms with Crippen molar-refractivity contribution in [2.45, 2.75) is 44.8 Å². The van der Waals surface area contributed by atoms with Crippen LogP contribution >= 0.6 is 11.6 Å². The Morgan fingerprint density at radius 2 is 1.92 bits per heavy atom. The van der Waals surface area contributed by atoms with Crippen LogP contribution in [0, 0.1) is 0 Å². The molecule has 0 spiro atoms. The molecule has 0 amide bonds. The normalized spacial score (nSPS) is 20.5. The minimum atomic E-state index is 0.373. The van der Waals surface area contributed by atoms with E-state index in [1.165, 1.54) is 0 Å². The first-order valence-corrected chi connectivity index (χ1v) is 9.12. The highest BCUT2D eigenvalue weighted by Gasteiger charge is 2.25. The van der Waals surface area contributed by atoms with Gasteiger partial charge in [0, 0.05) is 37.2 Å². The Labute approximate surface area is 153 Å². The molecule has 1 saturated carbocycles. The fourth-order valence-corrected chi connectivity index (χ4v) is 3.75. The van der Waals surface area contributed by atoms with Crippen LogP contribution < -0.4 is 9.47 Å². The third-order valence-corrected chi connectivity index (χ3v) is 5.15. The molecule has 1 aromatic heterocycles. The Morgan fingerprint density at radius 1 is 1.16 bits per heavy atom. The number of hydrogen-bond acceptors (Lipinski definition) is 4. The molecule has 3 rings (SSSR count). The SMILES string of the molecule is CCOc1cc(-c2nccn2C2CCC(OC)CC2)c(Cl)cc1OC. The van der Waals surface area contributed by atoms with Gasteiger partial charge >= 0.3 is 0 Å². The Balaban J connectivity index is 1.93. The summed E-state index contributed by atoms with van der Waals surface area (Å²) < 4.78 is 18.8. The van der Waals surface area contributed by atoms with E-state index in [-0.39, 0.29) is 0 Å². The molecule has 1 fully saturated rings. The highest BCUT2D eigenvalue weighted by atomic mass is 35.5. The zero-order valence-corrected chi connectivity index (χ0v) is 15.8. The van der Waals surface area contributed by atoms with E-state index in [0.717, 1.165) is 37.1 Å². The van der Waals surface area contributed by atoms with Gasteiger partial charge in [-0.3, -0.25) is 0 Å². The van der Waals surface area contributed by atoms with E-state index in [0.29, 0.717) is 35.3 Å². The molecule has 25 heavy (non-hydrogen) atoms. The molecule has 5 nitrogen and oxygen atoms in total. The van der Waals surface area contributed by atoms with Crippen LogP contribution in [0.4, 0.5) is 0 Å². The number of imidazole rings is 1. The third kappa shape index (κ3) is 3.77. The average Bonchev–Trinajstić information content (AvgIpc) is 3.12. The van der Waals surface area contributed by atoms with Crippen molar-refractivity contribution in [1.82, 2.24) is 9.55 Å². The number of benzene rings is 1. The van der Waals surface area contributed by atoms with Crippen LogP contribution in [0.1, 0.15) is 38.6 Å². The van der Waals surface area contributed by atoms with E-state index in [4.69, 9.17) is 25.8 Å². The molecule has 0 atom stereocenters. The topological polar surface area (TPSA) is 45.5 Å². The largest absolute Gasteiger partial charge is 0.493 e. The molecule has 1 aliphatic rings. The number of hydrogen-bond donors (Lipinski definition) is 0. The molecular formula is C19H25ClN2O3. The number of halogens is 1. The molecule has 0 radical (unpaired) electrons. The smallest absolute Gasteiger partial charge is 0.162 e. The molecular weight excluding hydrogens is 340 g/mol. The summed E-state index contributed by atoms with van der Waals surface area (Å²) in [6, 6.07) is 4.13. The van der Waals surface area contributed by atoms with Gasteiger partial charge in [0.05, 0.1) is 24.8 Å². The molecule has 1 aromatic carbocycles. The lowest BCUT2D eigenvalue weighted by Crippen LogP contribution is -2.22. The van der Waals surface area contributed by atoms with Gasteiger partial charge in [0.2, 0.25) is 0 Å². The van der Waals surface area contributed by atoms with Crippen LogP contribution in [0.5, 0.6) is 11.5 Å². The van der Waals surface area contributed by atoms with Gasteiger partial charge in [-0.25, -0.2) is 4.98 Å². The second kappa shape index (κ2) is 8.11. The second-order valence-electron chi connectivity index (χ2n) is 6.24. The van der Waals surface area contributed by atoms with Gasteiger partial charge in [0.25, 0.3) is 0 Å². The summed E-state index contributed by atoms with van der Waals surface area (Å²) in [5.74, 6) is 2.19. The number of methoxy groups -OCH3 is 2. The van der Waals surface area contributed by atoms with Gasteiger partial charge in [-0.05, 0) is 38.7 Å². The van der Waals surface area contributed by atoms with Crippen molar-refractivity contribution in [1.29, 1.82) is 0 Å². The zero-order chi connectivity index (χ0) is 17.8. The van der Waals surface area contributed by atoms with E-state index in [2.05, 4.69) is 9.55 Å². The van der Waals surface area contributed by atoms with Crippen molar-refractivity contribution in [2.75, 3.05) is 20.8 Å². The summed E-state index contributed by atoms with van der Waals surface area (Å²) in [5.41, 5.74) is 0.866. The lowest BCUT2D eigenvalue weighted by atomic mass is 9.92. The van der Waals surface area contributed by atoms with Gasteiger partial charge in [-0.2, -0.15) is 0 Å². The van der Waals surface area contributed by atoms with E-state index < -0.39 is 0 Å². The molecule has 0 unspecified atom stereocenters. The van der Waals surface area contributed by atoms with Gasteiger partial charge in [-0.15, -0.1) is 0 Å². The molecule has 0 N–H and O–H groups in total. The molecule has 0 bridgehead atoms. The summed E-state index contributed by atoms with van der Waals surface area (Å²) in [6.45, 7) is 2.51. The maximum Gasteiger partial charge on any atom is 0.162 e. The highest BCUT2D eigenvalue weighted by Crippen LogP contribution is 2.40. The van der Waals surface area contributed by atoms with Gasteiger partial charge in [-0.1, -0.05) is 11.6 Å². The van der Waals surface area contributed by atoms with Crippen LogP contribution in [0.25, 0.3) is 11.4 Å². The summed E-state index contributed by atoms with van der Waals surface area (Å²) in [6.07, 6.45) is 8.53. The average molecular weight is 365 g/mol. The summed E-state index contributed by atoms with van der Waals surface area (Å²) in [7, 11) is 3.41. The standard InChI is InChI=1S/C19H25ClN2O3/c1-4-25-18-11-15(16(20)12-17(18)24-3)19-21-9-10-22(19)13-5-7-14(23-2)8-6-13/h9-14H,4-8H2,1-3H3. The first kappa shape index (κ1) is 18.1. The predicted molar refractivity (Wildman–Crippen MR) is 98.7 cm³/mol. The molecule has 0 saturated heterocycles. The van der Waals surface area contributed by atoms with Gasteiger partial charge < -0.3 is 18.8 Å². The monoisotopic (exact) mass is 364 g/mol. The fourth-order valence-electron chi connectivity index (χ4n) is 3.51. The molecule has 1 aliphatic carbocycles. The maximum absolute atomic E-state index is 6.52. The Bertz CT molecular complexity index is 709. The first-order valence-electron chi connectivity index (χ1n) is 8.74. The van der Waals surface area contributed by atoms with Crippen molar-refractivity contribution in [2.24, 2.45) is 0 Å². The minimum absolute atomic E-state index is 0.373. The minimum Gasteiger partial charge on any atom is -0.493 e. The number of nitrogens with zero attached hydrogens (tertiary/aromatic N) is 2. The first-order chi connectivity index (χ1) is 12.2. The quantitative estimate of drug-likeness (QED) is 0.742. The van der Waals surface area contributed by atoms with E-state index >= 15 is 0 Å². The lowest BCUT2D eigenvalue weighted by Gasteiger charge is -2.29. The van der Waals surface area contributed by atoms with Crippen LogP contribution in [0.2, 0.25) is 5.02 Å². The van der Waals surface area contributed by atoms with E-state index in [9.17, 15) is 0 Å². The van der Waals surface area contributed by atoms with Crippen molar-refractivity contribution >= 4 is 11.6 Å². The van der Waals surface area contributed by atoms with Crippen molar-refractivity contribution in [3.05, 3.63) is 29.5 Å². The fraction of sp³-hybridized carbons (Fsp3) is 0.526. The summed E-state index contributed by atoms with van der Waals surface area (Å²) in [5, 5.41) is 0.610. The Morgan fingerprint density at radius 3 is 2.56 bits per heavy atom. The Hall–Kier alpha value is -1.72. The van der Waals surface area contributed by atoms with Crippen molar-refractivity contribution in [3.8, 4) is 22.9 Å². The van der Waals surface area contributed by atoms with Crippen LogP contribution in [-0.2, 0) is 4.74 Å². The molecule has 136 valence electrons. The third-order valence-electron chi connectivity index (χ3n) is 4.83. The van der Waals surface area contributed by atoms with Crippen molar-refractivity contribution < 1.29 is 14.2 Å². The van der Waals surface area contributed by atoms with Gasteiger partial charge in [0.1, 0.15) is 5.82 Å². The summed E-state index contributed by atoms with van der Waals surface area (Å²) in [4.78, 5) is 4.57. The highest BCUT2D eigenvalue weighted by molar-refractivity contribution is 6.33. The van der Waals surface area contributed by atoms with E-state index in [1.807, 2.05) is 25.4 Å². The lowest BCUT2D eigenvalue weighted by molar-refractivity contribution is 0.0586. The molecule has 2 aromatic rings.